The lowest BCUT2D eigenvalue weighted by atomic mass is 9.79. The first kappa shape index (κ1) is 13.8. The number of hydrogen-bond donors (Lipinski definition) is 1. The largest absolute Gasteiger partial charge is 0.323 e. The maximum absolute atomic E-state index is 6.51. The Balaban J connectivity index is 2.33. The molecule has 2 rings (SSSR count). The minimum absolute atomic E-state index is 0.00829. The summed E-state index contributed by atoms with van der Waals surface area (Å²) in [4.78, 5) is 0. The average molecular weight is 257 g/mol. The lowest BCUT2D eigenvalue weighted by Crippen LogP contribution is -2.24. The van der Waals surface area contributed by atoms with Gasteiger partial charge in [-0.15, -0.1) is 0 Å². The zero-order valence-corrected chi connectivity index (χ0v) is 12.0. The van der Waals surface area contributed by atoms with Crippen LogP contribution in [0.15, 0.2) is 42.7 Å². The van der Waals surface area contributed by atoms with Crippen molar-refractivity contribution < 1.29 is 0 Å². The summed E-state index contributed by atoms with van der Waals surface area (Å²) in [5.74, 6) is 0.869. The van der Waals surface area contributed by atoms with Gasteiger partial charge in [-0.1, -0.05) is 50.6 Å². The first-order valence-electron chi connectivity index (χ1n) is 6.92. The second-order valence-electron chi connectivity index (χ2n) is 5.30. The van der Waals surface area contributed by atoms with Crippen molar-refractivity contribution in [2.24, 2.45) is 18.7 Å². The second kappa shape index (κ2) is 6.02. The van der Waals surface area contributed by atoms with Crippen molar-refractivity contribution in [3.8, 4) is 0 Å². The number of aromatic nitrogens is 2. The summed E-state index contributed by atoms with van der Waals surface area (Å²) < 4.78 is 1.81. The highest BCUT2D eigenvalue weighted by Crippen LogP contribution is 2.36. The molecule has 0 fully saturated rings. The van der Waals surface area contributed by atoms with Crippen LogP contribution in [0.4, 0.5) is 0 Å². The molecule has 0 radical (unpaired) electrons. The van der Waals surface area contributed by atoms with E-state index in [4.69, 9.17) is 5.73 Å². The second-order valence-corrected chi connectivity index (χ2v) is 5.30. The van der Waals surface area contributed by atoms with Crippen molar-refractivity contribution >= 4 is 0 Å². The van der Waals surface area contributed by atoms with Crippen LogP contribution in [0.2, 0.25) is 0 Å². The number of nitrogens with zero attached hydrogens (tertiary/aromatic N) is 2. The fourth-order valence-electron chi connectivity index (χ4n) is 2.64. The monoisotopic (exact) mass is 257 g/mol. The molecule has 0 amide bonds. The molecule has 3 nitrogen and oxygen atoms in total. The molecule has 1 aromatic heterocycles. The SMILES string of the molecule is CCC(C)C(c1ccccc1)C(N)c1cnn(C)c1. The Morgan fingerprint density at radius 2 is 1.89 bits per heavy atom. The van der Waals surface area contributed by atoms with E-state index in [2.05, 4.69) is 43.2 Å². The van der Waals surface area contributed by atoms with Gasteiger partial charge in [-0.3, -0.25) is 4.68 Å². The molecule has 102 valence electrons. The zero-order valence-electron chi connectivity index (χ0n) is 12.0. The zero-order chi connectivity index (χ0) is 13.8. The van der Waals surface area contributed by atoms with Crippen LogP contribution >= 0.6 is 0 Å². The summed E-state index contributed by atoms with van der Waals surface area (Å²) in [5, 5.41) is 4.24. The van der Waals surface area contributed by atoms with Crippen LogP contribution in [0.25, 0.3) is 0 Å². The molecule has 0 aliphatic heterocycles. The summed E-state index contributed by atoms with van der Waals surface area (Å²) in [7, 11) is 1.93. The highest BCUT2D eigenvalue weighted by atomic mass is 15.2. The van der Waals surface area contributed by atoms with Gasteiger partial charge in [0.25, 0.3) is 0 Å². The Kier molecular flexibility index (Phi) is 4.38. The molecule has 3 unspecified atom stereocenters. The Hall–Kier alpha value is -1.61. The minimum Gasteiger partial charge on any atom is -0.323 e. The van der Waals surface area contributed by atoms with Gasteiger partial charge in [-0.2, -0.15) is 5.10 Å². The van der Waals surface area contributed by atoms with E-state index in [9.17, 15) is 0 Å². The van der Waals surface area contributed by atoms with E-state index in [-0.39, 0.29) is 6.04 Å². The predicted molar refractivity (Wildman–Crippen MR) is 78.8 cm³/mol. The molecule has 19 heavy (non-hydrogen) atoms. The normalized spacial score (nSPS) is 16.0. The van der Waals surface area contributed by atoms with Gasteiger partial charge in [-0.05, 0) is 11.5 Å². The van der Waals surface area contributed by atoms with Gasteiger partial charge in [0.05, 0.1) is 6.20 Å². The lowest BCUT2D eigenvalue weighted by Gasteiger charge is -2.29. The minimum atomic E-state index is -0.00829. The molecule has 1 heterocycles. The summed E-state index contributed by atoms with van der Waals surface area (Å²) in [5.41, 5.74) is 8.93. The Bertz CT molecular complexity index is 504. The van der Waals surface area contributed by atoms with E-state index in [0.29, 0.717) is 11.8 Å². The van der Waals surface area contributed by atoms with E-state index < -0.39 is 0 Å². The van der Waals surface area contributed by atoms with E-state index in [1.807, 2.05) is 30.2 Å². The van der Waals surface area contributed by atoms with E-state index in [0.717, 1.165) is 12.0 Å². The van der Waals surface area contributed by atoms with Crippen molar-refractivity contribution in [3.05, 3.63) is 53.9 Å². The number of rotatable bonds is 5. The van der Waals surface area contributed by atoms with Gasteiger partial charge in [0.15, 0.2) is 0 Å². The van der Waals surface area contributed by atoms with Gasteiger partial charge >= 0.3 is 0 Å². The van der Waals surface area contributed by atoms with Crippen LogP contribution in [-0.4, -0.2) is 9.78 Å². The molecule has 3 heteroatoms. The number of benzene rings is 1. The van der Waals surface area contributed by atoms with Crippen LogP contribution in [0.1, 0.15) is 43.4 Å². The fraction of sp³-hybridized carbons (Fsp3) is 0.438. The highest BCUT2D eigenvalue weighted by Gasteiger charge is 2.26. The van der Waals surface area contributed by atoms with Crippen molar-refractivity contribution in [2.45, 2.75) is 32.2 Å². The van der Waals surface area contributed by atoms with E-state index in [1.54, 1.807) is 0 Å². The third-order valence-corrected chi connectivity index (χ3v) is 3.94. The molecule has 2 aromatic rings. The number of aryl methyl sites for hydroxylation is 1. The van der Waals surface area contributed by atoms with E-state index >= 15 is 0 Å². The first-order valence-corrected chi connectivity index (χ1v) is 6.92. The summed E-state index contributed by atoms with van der Waals surface area (Å²) in [6.45, 7) is 4.49. The molecule has 0 bridgehead atoms. The highest BCUT2D eigenvalue weighted by molar-refractivity contribution is 5.26. The smallest absolute Gasteiger partial charge is 0.0537 e. The van der Waals surface area contributed by atoms with Gasteiger partial charge in [0.1, 0.15) is 0 Å². The van der Waals surface area contributed by atoms with Gasteiger partial charge in [-0.25, -0.2) is 0 Å². The summed E-state index contributed by atoms with van der Waals surface area (Å²) in [6.07, 6.45) is 5.01. The van der Waals surface area contributed by atoms with Crippen LogP contribution in [0.5, 0.6) is 0 Å². The topological polar surface area (TPSA) is 43.8 Å². The van der Waals surface area contributed by atoms with E-state index in [1.165, 1.54) is 5.56 Å². The Morgan fingerprint density at radius 1 is 1.21 bits per heavy atom. The van der Waals surface area contributed by atoms with Crippen LogP contribution in [-0.2, 0) is 7.05 Å². The lowest BCUT2D eigenvalue weighted by molar-refractivity contribution is 0.387. The third kappa shape index (κ3) is 3.04. The van der Waals surface area contributed by atoms with Crippen LogP contribution in [0.3, 0.4) is 0 Å². The van der Waals surface area contributed by atoms with Gasteiger partial charge in [0, 0.05) is 30.8 Å². The number of hydrogen-bond acceptors (Lipinski definition) is 2. The number of nitrogens with two attached hydrogens (primary N) is 1. The molecule has 0 aliphatic carbocycles. The molecule has 0 saturated heterocycles. The summed E-state index contributed by atoms with van der Waals surface area (Å²) >= 11 is 0. The van der Waals surface area contributed by atoms with Crippen molar-refractivity contribution in [1.82, 2.24) is 9.78 Å². The Labute approximate surface area is 115 Å². The molecular formula is C16H23N3. The quantitative estimate of drug-likeness (QED) is 0.893. The molecule has 1 aromatic carbocycles. The molecule has 0 saturated carbocycles. The van der Waals surface area contributed by atoms with Gasteiger partial charge < -0.3 is 5.73 Å². The Morgan fingerprint density at radius 3 is 2.42 bits per heavy atom. The molecule has 0 aliphatic rings. The van der Waals surface area contributed by atoms with Crippen molar-refractivity contribution in [2.75, 3.05) is 0 Å². The average Bonchev–Trinajstić information content (AvgIpc) is 2.86. The standard InChI is InChI=1S/C16H23N3/c1-4-12(2)15(13-8-6-5-7-9-13)16(17)14-10-18-19(3)11-14/h5-12,15-16H,4,17H2,1-3H3. The first-order chi connectivity index (χ1) is 9.13. The van der Waals surface area contributed by atoms with Crippen LogP contribution < -0.4 is 5.73 Å². The molecular weight excluding hydrogens is 234 g/mol. The fourth-order valence-corrected chi connectivity index (χ4v) is 2.64. The third-order valence-electron chi connectivity index (χ3n) is 3.94. The maximum Gasteiger partial charge on any atom is 0.0537 e. The predicted octanol–water partition coefficient (Wildman–Crippen LogP) is 3.25. The van der Waals surface area contributed by atoms with Gasteiger partial charge in [0.2, 0.25) is 0 Å². The van der Waals surface area contributed by atoms with Crippen molar-refractivity contribution in [3.63, 3.8) is 0 Å². The molecule has 0 spiro atoms. The maximum atomic E-state index is 6.51. The van der Waals surface area contributed by atoms with Crippen molar-refractivity contribution in [1.29, 1.82) is 0 Å². The summed E-state index contributed by atoms with van der Waals surface area (Å²) in [6, 6.07) is 10.6. The molecule has 2 N–H and O–H groups in total. The van der Waals surface area contributed by atoms with Crippen LogP contribution in [0, 0.1) is 5.92 Å². The molecule has 3 atom stereocenters.